The SMILES string of the molecule is CC[C@@H]1CC=C[C@@H]1C. The van der Waals surface area contributed by atoms with Crippen LogP contribution in [0.25, 0.3) is 0 Å². The summed E-state index contributed by atoms with van der Waals surface area (Å²) in [4.78, 5) is 0. The predicted molar refractivity (Wildman–Crippen MR) is 36.7 cm³/mol. The fourth-order valence-corrected chi connectivity index (χ4v) is 1.38. The van der Waals surface area contributed by atoms with Crippen LogP contribution >= 0.6 is 0 Å². The van der Waals surface area contributed by atoms with Gasteiger partial charge in [0.1, 0.15) is 0 Å². The third kappa shape index (κ3) is 0.936. The highest BCUT2D eigenvalue weighted by molar-refractivity contribution is 4.98. The van der Waals surface area contributed by atoms with Crippen molar-refractivity contribution >= 4 is 0 Å². The second-order valence-corrected chi connectivity index (χ2v) is 2.69. The van der Waals surface area contributed by atoms with Crippen molar-refractivity contribution in [2.24, 2.45) is 11.8 Å². The predicted octanol–water partition coefficient (Wildman–Crippen LogP) is 2.61. The van der Waals surface area contributed by atoms with Gasteiger partial charge in [0, 0.05) is 0 Å². The van der Waals surface area contributed by atoms with Crippen LogP contribution in [0.5, 0.6) is 0 Å². The maximum Gasteiger partial charge on any atom is -0.0231 e. The van der Waals surface area contributed by atoms with Gasteiger partial charge in [-0.1, -0.05) is 32.4 Å². The van der Waals surface area contributed by atoms with E-state index in [1.165, 1.54) is 12.8 Å². The zero-order valence-electron chi connectivity index (χ0n) is 5.72. The third-order valence-corrected chi connectivity index (χ3v) is 2.15. The van der Waals surface area contributed by atoms with E-state index in [2.05, 4.69) is 26.0 Å². The van der Waals surface area contributed by atoms with Gasteiger partial charge < -0.3 is 0 Å². The molecule has 0 nitrogen and oxygen atoms in total. The standard InChI is InChI=1S/C8H14/c1-3-8-6-4-5-7(8)2/h4-5,7-8H,3,6H2,1-2H3/t7-,8+/m0/s1. The fraction of sp³-hybridized carbons (Fsp3) is 0.750. The van der Waals surface area contributed by atoms with Gasteiger partial charge in [-0.3, -0.25) is 0 Å². The van der Waals surface area contributed by atoms with Gasteiger partial charge in [0.15, 0.2) is 0 Å². The Hall–Kier alpha value is -0.260. The van der Waals surface area contributed by atoms with E-state index in [1.54, 1.807) is 0 Å². The van der Waals surface area contributed by atoms with Crippen LogP contribution in [0.1, 0.15) is 26.7 Å². The lowest BCUT2D eigenvalue weighted by atomic mass is 9.95. The minimum atomic E-state index is 0.847. The quantitative estimate of drug-likeness (QED) is 0.455. The average molecular weight is 110 g/mol. The van der Waals surface area contributed by atoms with Gasteiger partial charge in [0.2, 0.25) is 0 Å². The van der Waals surface area contributed by atoms with Gasteiger partial charge in [-0.05, 0) is 18.3 Å². The molecule has 0 N–H and O–H groups in total. The molecule has 46 valence electrons. The minimum absolute atomic E-state index is 0.847. The molecule has 0 fully saturated rings. The lowest BCUT2D eigenvalue weighted by Gasteiger charge is -2.10. The minimum Gasteiger partial charge on any atom is -0.0880 e. The summed E-state index contributed by atoms with van der Waals surface area (Å²) >= 11 is 0. The average Bonchev–Trinajstić information content (AvgIpc) is 2.14. The second-order valence-electron chi connectivity index (χ2n) is 2.69. The highest BCUT2D eigenvalue weighted by atomic mass is 14.2. The van der Waals surface area contributed by atoms with Gasteiger partial charge in [-0.2, -0.15) is 0 Å². The molecule has 0 aliphatic heterocycles. The number of rotatable bonds is 1. The summed E-state index contributed by atoms with van der Waals surface area (Å²) in [6, 6.07) is 0. The molecule has 0 unspecified atom stereocenters. The van der Waals surface area contributed by atoms with Crippen molar-refractivity contribution in [1.82, 2.24) is 0 Å². The van der Waals surface area contributed by atoms with E-state index in [0.717, 1.165) is 11.8 Å². The Balaban J connectivity index is 2.38. The van der Waals surface area contributed by atoms with Crippen LogP contribution in [0.4, 0.5) is 0 Å². The molecule has 8 heavy (non-hydrogen) atoms. The van der Waals surface area contributed by atoms with Crippen molar-refractivity contribution < 1.29 is 0 Å². The van der Waals surface area contributed by atoms with E-state index in [1.807, 2.05) is 0 Å². The zero-order chi connectivity index (χ0) is 5.98. The molecule has 0 saturated heterocycles. The second kappa shape index (κ2) is 2.34. The van der Waals surface area contributed by atoms with Crippen LogP contribution in [0.2, 0.25) is 0 Å². The molecule has 0 bridgehead atoms. The molecular formula is C8H14. The number of hydrogen-bond acceptors (Lipinski definition) is 0. The summed E-state index contributed by atoms with van der Waals surface area (Å²) in [7, 11) is 0. The Bertz CT molecular complexity index is 92.2. The first-order valence-electron chi connectivity index (χ1n) is 3.51. The van der Waals surface area contributed by atoms with Crippen LogP contribution < -0.4 is 0 Å². The van der Waals surface area contributed by atoms with Crippen molar-refractivity contribution in [3.05, 3.63) is 12.2 Å². The molecule has 0 heteroatoms. The normalized spacial score (nSPS) is 36.2. The first kappa shape index (κ1) is 5.87. The summed E-state index contributed by atoms with van der Waals surface area (Å²) in [5.74, 6) is 1.80. The van der Waals surface area contributed by atoms with E-state index in [-0.39, 0.29) is 0 Å². The van der Waals surface area contributed by atoms with Crippen LogP contribution in [-0.2, 0) is 0 Å². The van der Waals surface area contributed by atoms with Gasteiger partial charge in [-0.15, -0.1) is 0 Å². The maximum atomic E-state index is 2.33. The molecule has 0 aromatic carbocycles. The Morgan fingerprint density at radius 3 is 2.62 bits per heavy atom. The fourth-order valence-electron chi connectivity index (χ4n) is 1.38. The van der Waals surface area contributed by atoms with Crippen LogP contribution in [0.3, 0.4) is 0 Å². The molecule has 2 atom stereocenters. The highest BCUT2D eigenvalue weighted by Crippen LogP contribution is 2.26. The van der Waals surface area contributed by atoms with Crippen molar-refractivity contribution in [2.75, 3.05) is 0 Å². The van der Waals surface area contributed by atoms with Crippen molar-refractivity contribution in [3.63, 3.8) is 0 Å². The maximum absolute atomic E-state index is 2.33. The summed E-state index contributed by atoms with van der Waals surface area (Å²) in [5.41, 5.74) is 0. The third-order valence-electron chi connectivity index (χ3n) is 2.15. The van der Waals surface area contributed by atoms with Crippen LogP contribution in [0, 0.1) is 11.8 Å². The molecule has 0 aromatic rings. The highest BCUT2D eigenvalue weighted by Gasteiger charge is 2.15. The molecule has 0 saturated carbocycles. The molecule has 0 spiro atoms. The van der Waals surface area contributed by atoms with Crippen LogP contribution in [0.15, 0.2) is 12.2 Å². The summed E-state index contributed by atoms with van der Waals surface area (Å²) in [6.07, 6.45) is 7.29. The van der Waals surface area contributed by atoms with Crippen molar-refractivity contribution in [1.29, 1.82) is 0 Å². The monoisotopic (exact) mass is 110 g/mol. The first-order valence-corrected chi connectivity index (χ1v) is 3.51. The Morgan fingerprint density at radius 2 is 2.38 bits per heavy atom. The number of allylic oxidation sites excluding steroid dienone is 2. The molecule has 0 amide bonds. The topological polar surface area (TPSA) is 0 Å². The summed E-state index contributed by atoms with van der Waals surface area (Å²) < 4.78 is 0. The smallest absolute Gasteiger partial charge is 0.0231 e. The largest absolute Gasteiger partial charge is 0.0880 e. The Morgan fingerprint density at radius 1 is 1.62 bits per heavy atom. The van der Waals surface area contributed by atoms with Gasteiger partial charge >= 0.3 is 0 Å². The summed E-state index contributed by atoms with van der Waals surface area (Å²) in [5, 5.41) is 0. The van der Waals surface area contributed by atoms with E-state index in [0.29, 0.717) is 0 Å². The van der Waals surface area contributed by atoms with E-state index in [9.17, 15) is 0 Å². The van der Waals surface area contributed by atoms with Gasteiger partial charge in [0.05, 0.1) is 0 Å². The lowest BCUT2D eigenvalue weighted by molar-refractivity contribution is 0.439. The Kier molecular flexibility index (Phi) is 1.72. The molecule has 0 heterocycles. The lowest BCUT2D eigenvalue weighted by Crippen LogP contribution is -2.00. The van der Waals surface area contributed by atoms with Crippen LogP contribution in [-0.4, -0.2) is 0 Å². The van der Waals surface area contributed by atoms with E-state index < -0.39 is 0 Å². The van der Waals surface area contributed by atoms with Gasteiger partial charge in [0.25, 0.3) is 0 Å². The first-order chi connectivity index (χ1) is 3.84. The van der Waals surface area contributed by atoms with E-state index in [4.69, 9.17) is 0 Å². The zero-order valence-corrected chi connectivity index (χ0v) is 5.72. The molecule has 1 aliphatic carbocycles. The molecular weight excluding hydrogens is 96.1 g/mol. The van der Waals surface area contributed by atoms with E-state index >= 15 is 0 Å². The van der Waals surface area contributed by atoms with Gasteiger partial charge in [-0.25, -0.2) is 0 Å². The molecule has 0 radical (unpaired) electrons. The van der Waals surface area contributed by atoms with Crippen molar-refractivity contribution in [2.45, 2.75) is 26.7 Å². The van der Waals surface area contributed by atoms with Crippen molar-refractivity contribution in [3.8, 4) is 0 Å². The number of hydrogen-bond donors (Lipinski definition) is 0. The molecule has 1 rings (SSSR count). The Labute approximate surface area is 51.6 Å². The summed E-state index contributed by atoms with van der Waals surface area (Å²) in [6.45, 7) is 4.58. The molecule has 1 aliphatic rings. The molecule has 0 aromatic heterocycles.